The number of aromatic nitrogens is 1. The summed E-state index contributed by atoms with van der Waals surface area (Å²) in [6, 6.07) is 6.76. The van der Waals surface area contributed by atoms with E-state index in [2.05, 4.69) is 4.98 Å². The van der Waals surface area contributed by atoms with Crippen LogP contribution in [0.2, 0.25) is 0 Å². The Labute approximate surface area is 110 Å². The molecular formula is C15H15F2NO. The Morgan fingerprint density at radius 2 is 2.00 bits per heavy atom. The first-order valence-electron chi connectivity index (χ1n) is 6.17. The highest BCUT2D eigenvalue weighted by Crippen LogP contribution is 2.21. The summed E-state index contributed by atoms with van der Waals surface area (Å²) in [5.74, 6) is -1.18. The molecule has 0 amide bonds. The Morgan fingerprint density at radius 1 is 1.21 bits per heavy atom. The highest BCUT2D eigenvalue weighted by atomic mass is 19.1. The minimum absolute atomic E-state index is 0.0404. The van der Waals surface area contributed by atoms with Crippen LogP contribution < -0.4 is 0 Å². The number of aliphatic hydroxyl groups excluding tert-OH is 1. The van der Waals surface area contributed by atoms with Crippen LogP contribution in [0.4, 0.5) is 8.78 Å². The van der Waals surface area contributed by atoms with Gasteiger partial charge in [0, 0.05) is 23.9 Å². The zero-order chi connectivity index (χ0) is 13.8. The van der Waals surface area contributed by atoms with Crippen molar-refractivity contribution in [1.82, 2.24) is 4.98 Å². The van der Waals surface area contributed by atoms with E-state index >= 15 is 0 Å². The lowest BCUT2D eigenvalue weighted by atomic mass is 10.0. The highest BCUT2D eigenvalue weighted by molar-refractivity contribution is 5.23. The van der Waals surface area contributed by atoms with Crippen molar-refractivity contribution >= 4 is 0 Å². The standard InChI is InChI=1S/C15H15F2NO/c1-2-10-3-5-12(18-9-10)8-15(19)13-7-11(16)4-6-14(13)17/h3-7,9,15,19H,2,8H2,1H3. The Kier molecular flexibility index (Phi) is 4.22. The van der Waals surface area contributed by atoms with Gasteiger partial charge < -0.3 is 5.11 Å². The summed E-state index contributed by atoms with van der Waals surface area (Å²) in [6.45, 7) is 2.02. The van der Waals surface area contributed by atoms with Gasteiger partial charge in [-0.25, -0.2) is 8.78 Å². The van der Waals surface area contributed by atoms with Gasteiger partial charge in [-0.05, 0) is 36.2 Å². The zero-order valence-electron chi connectivity index (χ0n) is 10.6. The Morgan fingerprint density at radius 3 is 2.63 bits per heavy atom. The fraction of sp³-hybridized carbons (Fsp3) is 0.267. The predicted molar refractivity (Wildman–Crippen MR) is 68.6 cm³/mol. The van der Waals surface area contributed by atoms with Gasteiger partial charge >= 0.3 is 0 Å². The minimum atomic E-state index is -1.10. The smallest absolute Gasteiger partial charge is 0.129 e. The summed E-state index contributed by atoms with van der Waals surface area (Å²) in [5.41, 5.74) is 1.70. The number of halogens is 2. The van der Waals surface area contributed by atoms with Gasteiger partial charge in [0.1, 0.15) is 11.6 Å². The van der Waals surface area contributed by atoms with Crippen LogP contribution in [-0.4, -0.2) is 10.1 Å². The van der Waals surface area contributed by atoms with Crippen molar-refractivity contribution in [3.8, 4) is 0 Å². The van der Waals surface area contributed by atoms with Crippen LogP contribution in [-0.2, 0) is 12.8 Å². The van der Waals surface area contributed by atoms with Crippen molar-refractivity contribution in [2.75, 3.05) is 0 Å². The first-order chi connectivity index (χ1) is 9.10. The molecule has 1 N–H and O–H groups in total. The number of aryl methyl sites for hydroxylation is 1. The van der Waals surface area contributed by atoms with Crippen LogP contribution in [0.3, 0.4) is 0 Å². The molecule has 2 rings (SSSR count). The van der Waals surface area contributed by atoms with Crippen molar-refractivity contribution in [3.63, 3.8) is 0 Å². The normalized spacial score (nSPS) is 12.4. The molecule has 0 saturated heterocycles. The highest BCUT2D eigenvalue weighted by Gasteiger charge is 2.15. The molecule has 0 spiro atoms. The van der Waals surface area contributed by atoms with Gasteiger partial charge in [0.2, 0.25) is 0 Å². The number of rotatable bonds is 4. The number of hydrogen-bond donors (Lipinski definition) is 1. The monoisotopic (exact) mass is 263 g/mol. The molecule has 100 valence electrons. The minimum Gasteiger partial charge on any atom is -0.388 e. The van der Waals surface area contributed by atoms with Crippen LogP contribution in [0.5, 0.6) is 0 Å². The van der Waals surface area contributed by atoms with Gasteiger partial charge in [0.25, 0.3) is 0 Å². The Balaban J connectivity index is 2.15. The molecule has 1 unspecified atom stereocenters. The topological polar surface area (TPSA) is 33.1 Å². The van der Waals surface area contributed by atoms with E-state index in [0.29, 0.717) is 5.69 Å². The van der Waals surface area contributed by atoms with Gasteiger partial charge in [-0.15, -0.1) is 0 Å². The molecule has 2 aromatic rings. The number of benzene rings is 1. The number of nitrogens with zero attached hydrogens (tertiary/aromatic N) is 1. The maximum Gasteiger partial charge on any atom is 0.129 e. The summed E-state index contributed by atoms with van der Waals surface area (Å²) in [4.78, 5) is 4.19. The molecule has 1 atom stereocenters. The van der Waals surface area contributed by atoms with Crippen LogP contribution in [0, 0.1) is 11.6 Å². The second kappa shape index (κ2) is 5.89. The van der Waals surface area contributed by atoms with E-state index in [1.165, 1.54) is 0 Å². The summed E-state index contributed by atoms with van der Waals surface area (Å²) in [6.07, 6.45) is 1.67. The molecule has 2 nitrogen and oxygen atoms in total. The lowest BCUT2D eigenvalue weighted by Gasteiger charge is -2.12. The number of aliphatic hydroxyl groups is 1. The molecule has 0 aliphatic carbocycles. The van der Waals surface area contributed by atoms with E-state index in [1.807, 2.05) is 13.0 Å². The third-order valence-electron chi connectivity index (χ3n) is 3.01. The van der Waals surface area contributed by atoms with E-state index in [1.54, 1.807) is 12.3 Å². The first kappa shape index (κ1) is 13.6. The van der Waals surface area contributed by atoms with E-state index in [9.17, 15) is 13.9 Å². The summed E-state index contributed by atoms with van der Waals surface area (Å²) in [7, 11) is 0. The largest absolute Gasteiger partial charge is 0.388 e. The van der Waals surface area contributed by atoms with Gasteiger partial charge in [0.15, 0.2) is 0 Å². The van der Waals surface area contributed by atoms with Gasteiger partial charge in [-0.3, -0.25) is 4.98 Å². The van der Waals surface area contributed by atoms with Gasteiger partial charge in [-0.2, -0.15) is 0 Å². The second-order valence-electron chi connectivity index (χ2n) is 4.40. The predicted octanol–water partition coefficient (Wildman–Crippen LogP) is 3.20. The van der Waals surface area contributed by atoms with E-state index < -0.39 is 17.7 Å². The molecule has 0 fully saturated rings. The van der Waals surface area contributed by atoms with E-state index in [-0.39, 0.29) is 12.0 Å². The molecule has 0 aliphatic heterocycles. The van der Waals surface area contributed by atoms with E-state index in [0.717, 1.165) is 30.2 Å². The van der Waals surface area contributed by atoms with Crippen LogP contribution in [0.25, 0.3) is 0 Å². The quantitative estimate of drug-likeness (QED) is 0.919. The first-order valence-corrected chi connectivity index (χ1v) is 6.17. The maximum atomic E-state index is 13.5. The maximum absolute atomic E-state index is 13.5. The van der Waals surface area contributed by atoms with Crippen molar-refractivity contribution in [1.29, 1.82) is 0 Å². The average molecular weight is 263 g/mol. The van der Waals surface area contributed by atoms with Gasteiger partial charge in [0.05, 0.1) is 6.10 Å². The van der Waals surface area contributed by atoms with E-state index in [4.69, 9.17) is 0 Å². The second-order valence-corrected chi connectivity index (χ2v) is 4.40. The number of hydrogen-bond acceptors (Lipinski definition) is 2. The third-order valence-corrected chi connectivity index (χ3v) is 3.01. The van der Waals surface area contributed by atoms with Crippen molar-refractivity contribution < 1.29 is 13.9 Å². The summed E-state index contributed by atoms with van der Waals surface area (Å²) >= 11 is 0. The summed E-state index contributed by atoms with van der Waals surface area (Å²) < 4.78 is 26.5. The van der Waals surface area contributed by atoms with Crippen molar-refractivity contribution in [3.05, 3.63) is 65.0 Å². The lowest BCUT2D eigenvalue weighted by molar-refractivity contribution is 0.172. The molecule has 1 aromatic heterocycles. The molecule has 0 bridgehead atoms. The SMILES string of the molecule is CCc1ccc(CC(O)c2cc(F)ccc2F)nc1. The fourth-order valence-electron chi connectivity index (χ4n) is 1.86. The zero-order valence-corrected chi connectivity index (χ0v) is 10.6. The summed E-state index contributed by atoms with van der Waals surface area (Å²) in [5, 5.41) is 9.96. The van der Waals surface area contributed by atoms with Crippen LogP contribution >= 0.6 is 0 Å². The molecule has 1 aromatic carbocycles. The van der Waals surface area contributed by atoms with Crippen molar-refractivity contribution in [2.24, 2.45) is 0 Å². The van der Waals surface area contributed by atoms with Crippen molar-refractivity contribution in [2.45, 2.75) is 25.9 Å². The average Bonchev–Trinajstić information content (AvgIpc) is 2.42. The molecule has 0 radical (unpaired) electrons. The Bertz CT molecular complexity index is 555. The molecule has 0 aliphatic rings. The third kappa shape index (κ3) is 3.35. The molecular weight excluding hydrogens is 248 g/mol. The number of pyridine rings is 1. The fourth-order valence-corrected chi connectivity index (χ4v) is 1.86. The van der Waals surface area contributed by atoms with Gasteiger partial charge in [-0.1, -0.05) is 13.0 Å². The van der Waals surface area contributed by atoms with Crippen LogP contribution in [0.15, 0.2) is 36.5 Å². The molecule has 0 saturated carbocycles. The van der Waals surface area contributed by atoms with Crippen LogP contribution in [0.1, 0.15) is 29.8 Å². The molecule has 19 heavy (non-hydrogen) atoms. The molecule has 4 heteroatoms. The Hall–Kier alpha value is -1.81. The lowest BCUT2D eigenvalue weighted by Crippen LogP contribution is -2.06. The molecule has 1 heterocycles.